The zero-order valence-corrected chi connectivity index (χ0v) is 14.8. The first-order chi connectivity index (χ1) is 12.9. The molecule has 1 aromatic heterocycles. The fraction of sp³-hybridized carbons (Fsp3) is 0.0556. The van der Waals surface area contributed by atoms with E-state index in [9.17, 15) is 19.0 Å². The summed E-state index contributed by atoms with van der Waals surface area (Å²) in [6.07, 6.45) is 1.09. The van der Waals surface area contributed by atoms with Gasteiger partial charge in [-0.3, -0.25) is 13.9 Å². The Labute approximate surface area is 153 Å². The van der Waals surface area contributed by atoms with E-state index in [1.165, 1.54) is 0 Å². The van der Waals surface area contributed by atoms with Crippen molar-refractivity contribution in [2.45, 2.75) is 0 Å². The molecule has 1 heterocycles. The first-order valence-electron chi connectivity index (χ1n) is 7.82. The van der Waals surface area contributed by atoms with Crippen molar-refractivity contribution in [3.8, 4) is 0 Å². The molecule has 3 aromatic rings. The largest absolute Gasteiger partial charge is 0.434 e. The third-order valence-corrected chi connectivity index (χ3v) is 4.48. The maximum atomic E-state index is 12.0. The van der Waals surface area contributed by atoms with Gasteiger partial charge < -0.3 is 14.6 Å². The summed E-state index contributed by atoms with van der Waals surface area (Å²) in [4.78, 5) is 40.2. The summed E-state index contributed by atoms with van der Waals surface area (Å²) >= 11 is 0. The molecule has 0 aliphatic carbocycles. The number of rotatable bonds is 6. The third-order valence-electron chi connectivity index (χ3n) is 3.48. The van der Waals surface area contributed by atoms with Crippen molar-refractivity contribution in [2.75, 3.05) is 6.79 Å². The SMILES string of the molecule is O=C(OCOP(=O)(O)/C=C/c1nc2ccccc2[nH]c1=O)c1ccccc1. The van der Waals surface area contributed by atoms with E-state index >= 15 is 0 Å². The summed E-state index contributed by atoms with van der Waals surface area (Å²) < 4.78 is 21.5. The Morgan fingerprint density at radius 3 is 2.63 bits per heavy atom. The van der Waals surface area contributed by atoms with Gasteiger partial charge in [0, 0.05) is 5.82 Å². The molecule has 0 saturated heterocycles. The number of carbonyl (C=O) groups excluding carboxylic acids is 1. The molecule has 0 fully saturated rings. The van der Waals surface area contributed by atoms with Gasteiger partial charge in [-0.1, -0.05) is 30.3 Å². The molecular weight excluding hydrogens is 371 g/mol. The van der Waals surface area contributed by atoms with Gasteiger partial charge in [-0.05, 0) is 30.3 Å². The number of fused-ring (bicyclic) bond motifs is 1. The number of nitrogens with one attached hydrogen (secondary N) is 1. The Kier molecular flexibility index (Phi) is 5.61. The van der Waals surface area contributed by atoms with E-state index in [0.29, 0.717) is 11.0 Å². The molecule has 0 amide bonds. The van der Waals surface area contributed by atoms with Crippen LogP contribution in [0, 0.1) is 0 Å². The average molecular weight is 386 g/mol. The molecule has 1 atom stereocenters. The van der Waals surface area contributed by atoms with Crippen LogP contribution < -0.4 is 5.56 Å². The fourth-order valence-corrected chi connectivity index (χ4v) is 2.80. The number of H-pyrrole nitrogens is 1. The minimum absolute atomic E-state index is 0.0483. The van der Waals surface area contributed by atoms with E-state index in [1.807, 2.05) is 0 Å². The molecule has 27 heavy (non-hydrogen) atoms. The van der Waals surface area contributed by atoms with Crippen LogP contribution in [-0.4, -0.2) is 27.6 Å². The number of benzene rings is 2. The number of hydrogen-bond donors (Lipinski definition) is 2. The molecule has 1 unspecified atom stereocenters. The standard InChI is InChI=1S/C18H15N2O6P/c21-17-16(19-14-8-4-5-9-15(14)20-17)10-11-27(23,24)26-12-25-18(22)13-6-2-1-3-7-13/h1-11H,12H2,(H,20,21)(H,23,24)/b11-10+. The van der Waals surface area contributed by atoms with Crippen molar-refractivity contribution in [1.82, 2.24) is 9.97 Å². The van der Waals surface area contributed by atoms with Crippen LogP contribution in [0.1, 0.15) is 16.1 Å². The highest BCUT2D eigenvalue weighted by Crippen LogP contribution is 2.43. The summed E-state index contributed by atoms with van der Waals surface area (Å²) in [6.45, 7) is -0.715. The summed E-state index contributed by atoms with van der Waals surface area (Å²) in [5.41, 5.74) is 0.808. The van der Waals surface area contributed by atoms with Gasteiger partial charge in [0.05, 0.1) is 16.6 Å². The van der Waals surface area contributed by atoms with Crippen molar-refractivity contribution in [1.29, 1.82) is 0 Å². The van der Waals surface area contributed by atoms with E-state index < -0.39 is 25.9 Å². The quantitative estimate of drug-likeness (QED) is 0.380. The molecule has 0 radical (unpaired) electrons. The molecule has 0 bridgehead atoms. The number of aromatic amines is 1. The lowest BCUT2D eigenvalue weighted by atomic mass is 10.2. The van der Waals surface area contributed by atoms with Crippen LogP contribution in [0.5, 0.6) is 0 Å². The summed E-state index contributed by atoms with van der Waals surface area (Å²) in [5.74, 6) is 0.127. The Morgan fingerprint density at radius 2 is 1.85 bits per heavy atom. The second-order valence-corrected chi connectivity index (χ2v) is 7.08. The number of aromatic nitrogens is 2. The Bertz CT molecular complexity index is 1090. The number of hydrogen-bond acceptors (Lipinski definition) is 6. The summed E-state index contributed by atoms with van der Waals surface area (Å²) in [7, 11) is -4.24. The zero-order valence-electron chi connectivity index (χ0n) is 13.9. The molecule has 3 rings (SSSR count). The molecule has 8 nitrogen and oxygen atoms in total. The molecule has 0 aliphatic rings. The molecule has 0 aliphatic heterocycles. The number of carbonyl (C=O) groups is 1. The van der Waals surface area contributed by atoms with E-state index in [4.69, 9.17) is 9.26 Å². The van der Waals surface area contributed by atoms with Gasteiger partial charge in [0.25, 0.3) is 5.56 Å². The molecule has 2 aromatic carbocycles. The average Bonchev–Trinajstić information content (AvgIpc) is 2.67. The fourth-order valence-electron chi connectivity index (χ4n) is 2.18. The minimum atomic E-state index is -4.24. The first kappa shape index (κ1) is 18.7. The van der Waals surface area contributed by atoms with Crippen LogP contribution in [-0.2, 0) is 13.8 Å². The Balaban J connectivity index is 1.64. The second kappa shape index (κ2) is 8.09. The number of para-hydroxylation sites is 2. The van der Waals surface area contributed by atoms with E-state index in [1.54, 1.807) is 54.6 Å². The van der Waals surface area contributed by atoms with Crippen molar-refractivity contribution < 1.29 is 23.5 Å². The topological polar surface area (TPSA) is 119 Å². The normalized spacial score (nSPS) is 13.5. The van der Waals surface area contributed by atoms with Gasteiger partial charge in [-0.2, -0.15) is 0 Å². The van der Waals surface area contributed by atoms with Crippen molar-refractivity contribution >= 4 is 30.7 Å². The lowest BCUT2D eigenvalue weighted by molar-refractivity contribution is 0.0134. The van der Waals surface area contributed by atoms with E-state index in [-0.39, 0.29) is 11.3 Å². The van der Waals surface area contributed by atoms with Gasteiger partial charge in [-0.25, -0.2) is 9.78 Å². The number of ether oxygens (including phenoxy) is 1. The van der Waals surface area contributed by atoms with Crippen LogP contribution in [0.2, 0.25) is 0 Å². The molecule has 9 heteroatoms. The van der Waals surface area contributed by atoms with Gasteiger partial charge in [0.1, 0.15) is 5.69 Å². The Morgan fingerprint density at radius 1 is 1.15 bits per heavy atom. The highest BCUT2D eigenvalue weighted by atomic mass is 31.2. The minimum Gasteiger partial charge on any atom is -0.434 e. The smallest absolute Gasteiger partial charge is 0.354 e. The van der Waals surface area contributed by atoms with Crippen molar-refractivity contribution in [2.24, 2.45) is 0 Å². The van der Waals surface area contributed by atoms with Crippen LogP contribution in [0.15, 0.2) is 65.2 Å². The van der Waals surface area contributed by atoms with Gasteiger partial charge >= 0.3 is 13.6 Å². The van der Waals surface area contributed by atoms with Crippen LogP contribution >= 0.6 is 7.60 Å². The predicted molar refractivity (Wildman–Crippen MR) is 99.0 cm³/mol. The van der Waals surface area contributed by atoms with E-state index in [2.05, 4.69) is 9.97 Å². The van der Waals surface area contributed by atoms with Gasteiger partial charge in [-0.15, -0.1) is 0 Å². The van der Waals surface area contributed by atoms with Crippen LogP contribution in [0.3, 0.4) is 0 Å². The van der Waals surface area contributed by atoms with Crippen LogP contribution in [0.25, 0.3) is 17.1 Å². The van der Waals surface area contributed by atoms with Gasteiger partial charge in [0.2, 0.25) is 6.79 Å². The van der Waals surface area contributed by atoms with Crippen LogP contribution in [0.4, 0.5) is 0 Å². The first-order valence-corrected chi connectivity index (χ1v) is 9.47. The zero-order chi connectivity index (χ0) is 19.3. The number of nitrogens with zero attached hydrogens (tertiary/aromatic N) is 1. The predicted octanol–water partition coefficient (Wildman–Crippen LogP) is 2.91. The summed E-state index contributed by atoms with van der Waals surface area (Å²) in [5, 5.41) is 0. The third kappa shape index (κ3) is 4.98. The Hall–Kier alpha value is -3.06. The van der Waals surface area contributed by atoms with Gasteiger partial charge in [0.15, 0.2) is 0 Å². The molecular formula is C18H15N2O6P. The molecule has 138 valence electrons. The number of esters is 1. The van der Waals surface area contributed by atoms with E-state index in [0.717, 1.165) is 11.9 Å². The maximum Gasteiger partial charge on any atom is 0.354 e. The molecule has 2 N–H and O–H groups in total. The lowest BCUT2D eigenvalue weighted by Gasteiger charge is -2.08. The van der Waals surface area contributed by atoms with Crippen molar-refractivity contribution in [3.63, 3.8) is 0 Å². The summed E-state index contributed by atoms with van der Waals surface area (Å²) in [6, 6.07) is 15.0. The second-order valence-electron chi connectivity index (χ2n) is 5.39. The highest BCUT2D eigenvalue weighted by Gasteiger charge is 2.17. The van der Waals surface area contributed by atoms with Crippen molar-refractivity contribution in [3.05, 3.63) is 82.0 Å². The highest BCUT2D eigenvalue weighted by molar-refractivity contribution is 7.56. The molecule has 0 saturated carbocycles. The monoisotopic (exact) mass is 386 g/mol. The maximum absolute atomic E-state index is 12.0. The molecule has 0 spiro atoms. The lowest BCUT2D eigenvalue weighted by Crippen LogP contribution is -2.11.